The molecule has 2 heterocycles. The first-order valence-electron chi connectivity index (χ1n) is 7.25. The standard InChI is InChI=1S/C14H19N3O4S2/c1-16(2)9-5-10(8-18)17(7-9)23(20,21)11-3-4-12-13(6-11)22-14(19)15-12/h3-4,6,9-10,18H,5,7-8H2,1-2H3,(H,15,19)/t9-,10+/m1/s1. The van der Waals surface area contributed by atoms with Gasteiger partial charge in [0.2, 0.25) is 10.0 Å². The van der Waals surface area contributed by atoms with Crippen LogP contribution in [0.15, 0.2) is 27.9 Å². The van der Waals surface area contributed by atoms with Crippen LogP contribution in [0.2, 0.25) is 0 Å². The second-order valence-electron chi connectivity index (χ2n) is 5.94. The maximum absolute atomic E-state index is 12.9. The number of hydrogen-bond donors (Lipinski definition) is 2. The number of benzene rings is 1. The fourth-order valence-electron chi connectivity index (χ4n) is 2.92. The average Bonchev–Trinajstić information content (AvgIpc) is 3.08. The zero-order valence-electron chi connectivity index (χ0n) is 12.9. The molecule has 1 aliphatic heterocycles. The van der Waals surface area contributed by atoms with Crippen LogP contribution in [0.3, 0.4) is 0 Å². The molecule has 23 heavy (non-hydrogen) atoms. The maximum atomic E-state index is 12.9. The largest absolute Gasteiger partial charge is 0.395 e. The molecule has 1 aromatic carbocycles. The van der Waals surface area contributed by atoms with E-state index in [1.54, 1.807) is 6.07 Å². The van der Waals surface area contributed by atoms with Gasteiger partial charge in [-0.25, -0.2) is 8.42 Å². The lowest BCUT2D eigenvalue weighted by molar-refractivity contribution is 0.212. The second kappa shape index (κ2) is 5.99. The number of sulfonamides is 1. The van der Waals surface area contributed by atoms with Crippen molar-refractivity contribution < 1.29 is 13.5 Å². The number of aromatic amines is 1. The Morgan fingerprint density at radius 3 is 2.83 bits per heavy atom. The van der Waals surface area contributed by atoms with Gasteiger partial charge >= 0.3 is 4.87 Å². The van der Waals surface area contributed by atoms with Crippen molar-refractivity contribution in [1.82, 2.24) is 14.2 Å². The smallest absolute Gasteiger partial charge is 0.305 e. The Morgan fingerprint density at radius 2 is 2.17 bits per heavy atom. The van der Waals surface area contributed by atoms with Gasteiger partial charge in [-0.15, -0.1) is 0 Å². The maximum Gasteiger partial charge on any atom is 0.305 e. The lowest BCUT2D eigenvalue weighted by Gasteiger charge is -2.22. The summed E-state index contributed by atoms with van der Waals surface area (Å²) in [6, 6.07) is 4.28. The van der Waals surface area contributed by atoms with Crippen LogP contribution in [0.4, 0.5) is 0 Å². The molecule has 7 nitrogen and oxygen atoms in total. The van der Waals surface area contributed by atoms with E-state index in [0.717, 1.165) is 11.3 Å². The van der Waals surface area contributed by atoms with Gasteiger partial charge in [-0.1, -0.05) is 11.3 Å². The average molecular weight is 357 g/mol. The Bertz CT molecular complexity index is 872. The first-order valence-corrected chi connectivity index (χ1v) is 9.50. The molecule has 0 bridgehead atoms. The fraction of sp³-hybridized carbons (Fsp3) is 0.500. The minimum absolute atomic E-state index is 0.0778. The Morgan fingerprint density at radius 1 is 1.43 bits per heavy atom. The normalized spacial score (nSPS) is 23.1. The van der Waals surface area contributed by atoms with Gasteiger partial charge in [-0.2, -0.15) is 4.31 Å². The highest BCUT2D eigenvalue weighted by Gasteiger charge is 2.40. The highest BCUT2D eigenvalue weighted by molar-refractivity contribution is 7.89. The summed E-state index contributed by atoms with van der Waals surface area (Å²) in [7, 11) is 0.0914. The van der Waals surface area contributed by atoms with Crippen molar-refractivity contribution in [3.8, 4) is 0 Å². The summed E-state index contributed by atoms with van der Waals surface area (Å²) in [6.07, 6.45) is 0.600. The number of aromatic nitrogens is 1. The first-order chi connectivity index (χ1) is 10.8. The van der Waals surface area contributed by atoms with Crippen molar-refractivity contribution in [2.24, 2.45) is 0 Å². The third kappa shape index (κ3) is 2.94. The first kappa shape index (κ1) is 16.6. The number of fused-ring (bicyclic) bond motifs is 1. The van der Waals surface area contributed by atoms with Crippen LogP contribution < -0.4 is 4.87 Å². The highest BCUT2D eigenvalue weighted by Crippen LogP contribution is 2.29. The number of aliphatic hydroxyl groups excluding tert-OH is 1. The summed E-state index contributed by atoms with van der Waals surface area (Å²) in [4.78, 5) is 16.0. The monoisotopic (exact) mass is 357 g/mol. The lowest BCUT2D eigenvalue weighted by Crippen LogP contribution is -2.38. The molecular weight excluding hydrogens is 338 g/mol. The highest BCUT2D eigenvalue weighted by atomic mass is 32.2. The molecule has 2 atom stereocenters. The van der Waals surface area contributed by atoms with Crippen LogP contribution >= 0.6 is 11.3 Å². The minimum atomic E-state index is -3.71. The summed E-state index contributed by atoms with van der Waals surface area (Å²) >= 11 is 0.985. The van der Waals surface area contributed by atoms with Gasteiger partial charge in [-0.3, -0.25) is 4.79 Å². The molecule has 0 unspecified atom stereocenters. The molecule has 1 aliphatic rings. The van der Waals surface area contributed by atoms with E-state index in [1.165, 1.54) is 16.4 Å². The van der Waals surface area contributed by atoms with Crippen molar-refractivity contribution in [3.05, 3.63) is 27.9 Å². The lowest BCUT2D eigenvalue weighted by atomic mass is 10.2. The summed E-state index contributed by atoms with van der Waals surface area (Å²) in [5.41, 5.74) is 0.630. The van der Waals surface area contributed by atoms with Gasteiger partial charge in [0.1, 0.15) is 0 Å². The molecule has 0 spiro atoms. The molecule has 9 heteroatoms. The number of rotatable bonds is 4. The Kier molecular flexibility index (Phi) is 4.32. The van der Waals surface area contributed by atoms with Gasteiger partial charge in [0, 0.05) is 18.6 Å². The van der Waals surface area contributed by atoms with Crippen molar-refractivity contribution in [3.63, 3.8) is 0 Å². The van der Waals surface area contributed by atoms with E-state index in [-0.39, 0.29) is 22.4 Å². The number of aliphatic hydroxyl groups is 1. The van der Waals surface area contributed by atoms with Gasteiger partial charge < -0.3 is 15.0 Å². The van der Waals surface area contributed by atoms with E-state index in [9.17, 15) is 18.3 Å². The van der Waals surface area contributed by atoms with Crippen LogP contribution in [-0.2, 0) is 10.0 Å². The third-order valence-corrected chi connectivity index (χ3v) is 7.04. The summed E-state index contributed by atoms with van der Waals surface area (Å²) in [6.45, 7) is 0.144. The fourth-order valence-corrected chi connectivity index (χ4v) is 5.46. The number of likely N-dealkylation sites (N-methyl/N-ethyl adjacent to an activating group) is 1. The zero-order valence-corrected chi connectivity index (χ0v) is 14.5. The third-order valence-electron chi connectivity index (χ3n) is 4.28. The van der Waals surface area contributed by atoms with Crippen LogP contribution in [-0.4, -0.2) is 67.0 Å². The van der Waals surface area contributed by atoms with Crippen molar-refractivity contribution in [2.45, 2.75) is 23.4 Å². The van der Waals surface area contributed by atoms with E-state index < -0.39 is 16.1 Å². The van der Waals surface area contributed by atoms with Crippen molar-refractivity contribution in [1.29, 1.82) is 0 Å². The van der Waals surface area contributed by atoms with E-state index in [1.807, 2.05) is 19.0 Å². The van der Waals surface area contributed by atoms with E-state index in [0.29, 0.717) is 23.2 Å². The molecule has 2 aromatic rings. The van der Waals surface area contributed by atoms with Gasteiger partial charge in [0.05, 0.1) is 21.7 Å². The molecular formula is C14H19N3O4S2. The SMILES string of the molecule is CN(C)[C@@H]1C[C@@H](CO)N(S(=O)(=O)c2ccc3[nH]c(=O)sc3c2)C1. The molecule has 0 radical (unpaired) electrons. The van der Waals surface area contributed by atoms with Crippen molar-refractivity contribution in [2.75, 3.05) is 27.2 Å². The predicted molar refractivity (Wildman–Crippen MR) is 89.3 cm³/mol. The number of H-pyrrole nitrogens is 1. The molecule has 126 valence electrons. The Labute approximate surface area is 138 Å². The number of hydrogen-bond acceptors (Lipinski definition) is 6. The predicted octanol–water partition coefficient (Wildman–Crippen LogP) is 0.275. The van der Waals surface area contributed by atoms with E-state index >= 15 is 0 Å². The summed E-state index contributed by atoms with van der Waals surface area (Å²) in [5, 5.41) is 9.55. The minimum Gasteiger partial charge on any atom is -0.395 e. The topological polar surface area (TPSA) is 93.7 Å². The van der Waals surface area contributed by atoms with Crippen LogP contribution in [0.5, 0.6) is 0 Å². The summed E-state index contributed by atoms with van der Waals surface area (Å²) in [5.74, 6) is 0. The molecule has 1 saturated heterocycles. The molecule has 2 N–H and O–H groups in total. The van der Waals surface area contributed by atoms with Crippen molar-refractivity contribution >= 4 is 31.6 Å². The second-order valence-corrected chi connectivity index (χ2v) is 8.84. The molecule has 3 rings (SSSR count). The van der Waals surface area contributed by atoms with Crippen LogP contribution in [0, 0.1) is 0 Å². The molecule has 1 aromatic heterocycles. The van der Waals surface area contributed by atoms with Gasteiger partial charge in [0.15, 0.2) is 0 Å². The van der Waals surface area contributed by atoms with Gasteiger partial charge in [0.25, 0.3) is 0 Å². The zero-order chi connectivity index (χ0) is 16.8. The van der Waals surface area contributed by atoms with Crippen LogP contribution in [0.25, 0.3) is 10.2 Å². The Hall–Kier alpha value is -1.26. The van der Waals surface area contributed by atoms with Gasteiger partial charge in [-0.05, 0) is 38.7 Å². The number of nitrogens with one attached hydrogen (secondary N) is 1. The van der Waals surface area contributed by atoms with E-state index in [2.05, 4.69) is 4.98 Å². The number of thiazole rings is 1. The van der Waals surface area contributed by atoms with E-state index in [4.69, 9.17) is 0 Å². The number of nitrogens with zero attached hydrogens (tertiary/aromatic N) is 2. The Balaban J connectivity index is 2.00. The molecule has 0 saturated carbocycles. The molecule has 0 amide bonds. The van der Waals surface area contributed by atoms with Crippen LogP contribution in [0.1, 0.15) is 6.42 Å². The molecule has 1 fully saturated rings. The molecule has 0 aliphatic carbocycles. The summed E-state index contributed by atoms with van der Waals surface area (Å²) < 4.78 is 27.9. The quantitative estimate of drug-likeness (QED) is 0.819.